The maximum atomic E-state index is 10.8. The number of ether oxygens (including phenoxy) is 1. The first-order valence-electron chi connectivity index (χ1n) is 7.84. The molecule has 0 radical (unpaired) electrons. The van der Waals surface area contributed by atoms with Gasteiger partial charge in [-0.1, -0.05) is 36.7 Å². The molecule has 1 fully saturated rings. The van der Waals surface area contributed by atoms with Crippen LogP contribution in [-0.4, -0.2) is 12.2 Å². The summed E-state index contributed by atoms with van der Waals surface area (Å²) in [5.41, 5.74) is 1.29. The summed E-state index contributed by atoms with van der Waals surface area (Å²) in [6.45, 7) is 6.98. The van der Waals surface area contributed by atoms with Crippen molar-refractivity contribution in [2.24, 2.45) is 17.3 Å². The third kappa shape index (κ3) is 4.01. The molecule has 0 amide bonds. The van der Waals surface area contributed by atoms with E-state index in [1.807, 2.05) is 18.2 Å². The van der Waals surface area contributed by atoms with Gasteiger partial charge < -0.3 is 9.84 Å². The molecule has 0 aliphatic heterocycles. The van der Waals surface area contributed by atoms with Gasteiger partial charge in [0.2, 0.25) is 0 Å². The van der Waals surface area contributed by atoms with Crippen LogP contribution in [0.5, 0.6) is 5.75 Å². The van der Waals surface area contributed by atoms with Gasteiger partial charge in [-0.3, -0.25) is 0 Å². The van der Waals surface area contributed by atoms with Crippen LogP contribution in [0.1, 0.15) is 58.1 Å². The minimum Gasteiger partial charge on any atom is -0.496 e. The summed E-state index contributed by atoms with van der Waals surface area (Å²) in [7, 11) is 1.66. The number of halogens is 1. The molecule has 0 spiro atoms. The van der Waals surface area contributed by atoms with Crippen LogP contribution >= 0.6 is 15.9 Å². The maximum absolute atomic E-state index is 10.8. The van der Waals surface area contributed by atoms with Crippen molar-refractivity contribution in [1.29, 1.82) is 0 Å². The van der Waals surface area contributed by atoms with Crippen molar-refractivity contribution in [2.45, 2.75) is 52.6 Å². The van der Waals surface area contributed by atoms with E-state index in [9.17, 15) is 5.11 Å². The molecule has 0 aromatic heterocycles. The first-order valence-corrected chi connectivity index (χ1v) is 8.63. The molecule has 0 bridgehead atoms. The average Bonchev–Trinajstić information content (AvgIpc) is 2.45. The summed E-state index contributed by atoms with van der Waals surface area (Å²) in [5.74, 6) is 1.89. The predicted molar refractivity (Wildman–Crippen MR) is 90.6 cm³/mol. The second-order valence-electron chi connectivity index (χ2n) is 7.31. The second-order valence-corrected chi connectivity index (χ2v) is 8.22. The first kappa shape index (κ1) is 16.8. The van der Waals surface area contributed by atoms with Gasteiger partial charge in [-0.05, 0) is 61.1 Å². The van der Waals surface area contributed by atoms with Crippen molar-refractivity contribution in [2.75, 3.05) is 7.11 Å². The molecule has 2 rings (SSSR count). The highest BCUT2D eigenvalue weighted by molar-refractivity contribution is 9.10. The van der Waals surface area contributed by atoms with Gasteiger partial charge in [0, 0.05) is 10.0 Å². The molecule has 1 aromatic rings. The van der Waals surface area contributed by atoms with E-state index in [2.05, 4.69) is 36.7 Å². The number of hydrogen-bond acceptors (Lipinski definition) is 2. The van der Waals surface area contributed by atoms with Gasteiger partial charge in [-0.15, -0.1) is 0 Å². The highest BCUT2D eigenvalue weighted by Gasteiger charge is 2.33. The third-order valence-corrected chi connectivity index (χ3v) is 5.45. The van der Waals surface area contributed by atoms with Crippen LogP contribution in [-0.2, 0) is 0 Å². The van der Waals surface area contributed by atoms with Crippen LogP contribution in [0, 0.1) is 17.3 Å². The lowest BCUT2D eigenvalue weighted by atomic mass is 9.68. The Morgan fingerprint density at radius 3 is 2.33 bits per heavy atom. The fourth-order valence-electron chi connectivity index (χ4n) is 3.49. The third-order valence-electron chi connectivity index (χ3n) is 4.95. The molecule has 1 unspecified atom stereocenters. The van der Waals surface area contributed by atoms with E-state index in [-0.39, 0.29) is 0 Å². The van der Waals surface area contributed by atoms with Gasteiger partial charge in [0.05, 0.1) is 13.2 Å². The zero-order valence-corrected chi connectivity index (χ0v) is 15.1. The lowest BCUT2D eigenvalue weighted by Gasteiger charge is -2.38. The molecule has 0 heterocycles. The van der Waals surface area contributed by atoms with Crippen LogP contribution in [0.3, 0.4) is 0 Å². The molecule has 1 atom stereocenters. The standard InChI is InChI=1S/C18H27BrO2/c1-18(2,3)13-7-5-12(6-8-13)17(20)15-11-14(19)9-10-16(15)21-4/h9-13,17,20H,5-8H2,1-4H3. The van der Waals surface area contributed by atoms with Crippen molar-refractivity contribution in [3.05, 3.63) is 28.2 Å². The largest absolute Gasteiger partial charge is 0.496 e. The Morgan fingerprint density at radius 1 is 1.19 bits per heavy atom. The molecule has 1 aromatic carbocycles. The fourth-order valence-corrected chi connectivity index (χ4v) is 3.87. The predicted octanol–water partition coefficient (Wildman–Crippen LogP) is 5.34. The van der Waals surface area contributed by atoms with E-state index in [0.717, 1.165) is 34.5 Å². The maximum Gasteiger partial charge on any atom is 0.124 e. The summed E-state index contributed by atoms with van der Waals surface area (Å²) < 4.78 is 6.39. The number of aliphatic hydroxyl groups is 1. The monoisotopic (exact) mass is 354 g/mol. The number of aliphatic hydroxyl groups excluding tert-OH is 1. The van der Waals surface area contributed by atoms with Crippen molar-refractivity contribution in [3.8, 4) is 5.75 Å². The Hall–Kier alpha value is -0.540. The molecule has 118 valence electrons. The SMILES string of the molecule is COc1ccc(Br)cc1C(O)C1CCC(C(C)(C)C)CC1. The van der Waals surface area contributed by atoms with Crippen LogP contribution in [0.4, 0.5) is 0 Å². The fraction of sp³-hybridized carbons (Fsp3) is 0.667. The molecule has 1 aliphatic rings. The number of methoxy groups -OCH3 is 1. The van der Waals surface area contributed by atoms with E-state index in [1.165, 1.54) is 12.8 Å². The summed E-state index contributed by atoms with van der Waals surface area (Å²) in [4.78, 5) is 0. The van der Waals surface area contributed by atoms with Crippen LogP contribution in [0.15, 0.2) is 22.7 Å². The van der Waals surface area contributed by atoms with Gasteiger partial charge >= 0.3 is 0 Å². The van der Waals surface area contributed by atoms with Crippen molar-refractivity contribution in [3.63, 3.8) is 0 Å². The lowest BCUT2D eigenvalue weighted by Crippen LogP contribution is -2.28. The summed E-state index contributed by atoms with van der Waals surface area (Å²) in [6.07, 6.45) is 4.18. The Kier molecular flexibility index (Phi) is 5.37. The minimum atomic E-state index is -0.432. The number of hydrogen-bond donors (Lipinski definition) is 1. The summed E-state index contributed by atoms with van der Waals surface area (Å²) in [6, 6.07) is 5.86. The normalized spacial score (nSPS) is 24.7. The minimum absolute atomic E-state index is 0.340. The van der Waals surface area contributed by atoms with E-state index < -0.39 is 6.10 Å². The van der Waals surface area contributed by atoms with Crippen molar-refractivity contribution < 1.29 is 9.84 Å². The van der Waals surface area contributed by atoms with Crippen molar-refractivity contribution in [1.82, 2.24) is 0 Å². The van der Waals surface area contributed by atoms with Gasteiger partial charge in [-0.25, -0.2) is 0 Å². The quantitative estimate of drug-likeness (QED) is 0.793. The Bertz CT molecular complexity index is 471. The molecule has 2 nitrogen and oxygen atoms in total. The summed E-state index contributed by atoms with van der Waals surface area (Å²) in [5, 5.41) is 10.8. The van der Waals surface area contributed by atoms with Crippen LogP contribution in [0.25, 0.3) is 0 Å². The van der Waals surface area contributed by atoms with E-state index >= 15 is 0 Å². The van der Waals surface area contributed by atoms with Crippen LogP contribution < -0.4 is 4.74 Å². The zero-order chi connectivity index (χ0) is 15.6. The average molecular weight is 355 g/mol. The zero-order valence-electron chi connectivity index (χ0n) is 13.5. The highest BCUT2D eigenvalue weighted by atomic mass is 79.9. The Morgan fingerprint density at radius 2 is 1.81 bits per heavy atom. The van der Waals surface area contributed by atoms with E-state index in [0.29, 0.717) is 11.3 Å². The molecule has 1 saturated carbocycles. The number of rotatable bonds is 3. The molecular formula is C18H27BrO2. The van der Waals surface area contributed by atoms with Gasteiger partial charge in [0.1, 0.15) is 5.75 Å². The van der Waals surface area contributed by atoms with Gasteiger partial charge in [-0.2, -0.15) is 0 Å². The molecule has 1 aliphatic carbocycles. The smallest absolute Gasteiger partial charge is 0.124 e. The molecule has 21 heavy (non-hydrogen) atoms. The molecule has 0 saturated heterocycles. The van der Waals surface area contributed by atoms with Crippen molar-refractivity contribution >= 4 is 15.9 Å². The molecule has 3 heteroatoms. The lowest BCUT2D eigenvalue weighted by molar-refractivity contribution is 0.0513. The summed E-state index contributed by atoms with van der Waals surface area (Å²) >= 11 is 3.49. The molecule has 1 N–H and O–H groups in total. The number of benzene rings is 1. The second kappa shape index (κ2) is 6.70. The Labute approximate surface area is 137 Å². The van der Waals surface area contributed by atoms with Gasteiger partial charge in [0.25, 0.3) is 0 Å². The molecular weight excluding hydrogens is 328 g/mol. The van der Waals surface area contributed by atoms with Gasteiger partial charge in [0.15, 0.2) is 0 Å². The highest BCUT2D eigenvalue weighted by Crippen LogP contribution is 2.44. The topological polar surface area (TPSA) is 29.5 Å². The van der Waals surface area contributed by atoms with Crippen LogP contribution in [0.2, 0.25) is 0 Å². The van der Waals surface area contributed by atoms with E-state index in [1.54, 1.807) is 7.11 Å². The van der Waals surface area contributed by atoms with E-state index in [4.69, 9.17) is 4.74 Å². The Balaban J connectivity index is 2.08. The first-order chi connectivity index (χ1) is 9.82.